The van der Waals surface area contributed by atoms with Gasteiger partial charge in [-0.2, -0.15) is 0 Å². The molecule has 0 aliphatic carbocycles. The summed E-state index contributed by atoms with van der Waals surface area (Å²) in [4.78, 5) is 0. The summed E-state index contributed by atoms with van der Waals surface area (Å²) in [5.41, 5.74) is 2.88. The van der Waals surface area contributed by atoms with Gasteiger partial charge in [-0.15, -0.1) is 17.5 Å². The Morgan fingerprint density at radius 1 is 1.43 bits per heavy atom. The first kappa shape index (κ1) is 10.8. The molecule has 1 heterocycles. The van der Waals surface area contributed by atoms with Crippen LogP contribution in [-0.4, -0.2) is 0 Å². The molecule has 0 nitrogen and oxygen atoms in total. The van der Waals surface area contributed by atoms with Crippen LogP contribution in [0.15, 0.2) is 17.2 Å². The van der Waals surface area contributed by atoms with E-state index < -0.39 is 0 Å². The Balaban J connectivity index is 0. The molecule has 0 unspecified atom stereocenters. The maximum absolute atomic E-state index is 2.88. The van der Waals surface area contributed by atoms with E-state index in [9.17, 15) is 0 Å². The van der Waals surface area contributed by atoms with Crippen LogP contribution >= 0.6 is 11.8 Å². The van der Waals surface area contributed by atoms with Gasteiger partial charge in [0, 0.05) is 22.5 Å². The van der Waals surface area contributed by atoms with E-state index in [1.165, 1.54) is 0 Å². The molecule has 7 heavy (non-hydrogen) atoms. The Kier molecular flexibility index (Phi) is 10.6. The standard InChI is InChI=1S/C4H3S.BrH.Mn/c1-2-4-5-3-1;;/h1,3-4H;1H;/p-1. The SMILES string of the molecule is C1=C[CH]SC=1.[Br-].[Mn]. The molecule has 0 saturated carbocycles. The minimum Gasteiger partial charge on any atom is -1.00 e. The fraction of sp³-hybridized carbons (Fsp3) is 0. The van der Waals surface area contributed by atoms with E-state index in [2.05, 4.69) is 5.73 Å². The summed E-state index contributed by atoms with van der Waals surface area (Å²) >= 11 is 1.66. The first-order valence-corrected chi connectivity index (χ1v) is 2.32. The minimum absolute atomic E-state index is 0. The summed E-state index contributed by atoms with van der Waals surface area (Å²) in [7, 11) is 0. The van der Waals surface area contributed by atoms with Crippen molar-refractivity contribution in [3.63, 3.8) is 0 Å². The van der Waals surface area contributed by atoms with Gasteiger partial charge in [-0.1, -0.05) is 0 Å². The predicted molar refractivity (Wildman–Crippen MR) is 24.5 cm³/mol. The topological polar surface area (TPSA) is 0 Å². The van der Waals surface area contributed by atoms with Crippen LogP contribution in [0.3, 0.4) is 0 Å². The molecule has 0 aromatic rings. The van der Waals surface area contributed by atoms with Gasteiger partial charge in [0.1, 0.15) is 0 Å². The van der Waals surface area contributed by atoms with Crippen LogP contribution in [-0.2, 0) is 17.1 Å². The van der Waals surface area contributed by atoms with Gasteiger partial charge in [0.05, 0.1) is 5.75 Å². The van der Waals surface area contributed by atoms with Crippen LogP contribution in [0.1, 0.15) is 0 Å². The molecule has 0 amide bonds. The van der Waals surface area contributed by atoms with Gasteiger partial charge in [-0.25, -0.2) is 0 Å². The Bertz CT molecular complexity index is 77.7. The van der Waals surface area contributed by atoms with Gasteiger partial charge in [0.2, 0.25) is 0 Å². The largest absolute Gasteiger partial charge is 1.00 e. The molecule has 0 aromatic heterocycles. The predicted octanol–water partition coefficient (Wildman–Crippen LogP) is -1.43. The van der Waals surface area contributed by atoms with Crippen LogP contribution < -0.4 is 17.0 Å². The Morgan fingerprint density at radius 3 is 2.29 bits per heavy atom. The summed E-state index contributed by atoms with van der Waals surface area (Å²) in [5, 5.41) is 1.92. The van der Waals surface area contributed by atoms with Gasteiger partial charge < -0.3 is 17.0 Å². The van der Waals surface area contributed by atoms with Crippen LogP contribution in [0.25, 0.3) is 0 Å². The molecule has 2 radical (unpaired) electrons. The number of hydrogen-bond acceptors (Lipinski definition) is 1. The molecular weight excluding hydrogens is 215 g/mol. The summed E-state index contributed by atoms with van der Waals surface area (Å²) in [6, 6.07) is 0. The van der Waals surface area contributed by atoms with Crippen molar-refractivity contribution in [2.24, 2.45) is 0 Å². The summed E-state index contributed by atoms with van der Waals surface area (Å²) in [5.74, 6) is 1.99. The third-order valence-electron chi connectivity index (χ3n) is 0.379. The molecule has 40 valence electrons. The third kappa shape index (κ3) is 4.73. The van der Waals surface area contributed by atoms with Crippen LogP contribution in [0.5, 0.6) is 0 Å². The second-order valence-electron chi connectivity index (χ2n) is 0.723. The molecule has 1 rings (SSSR count). The van der Waals surface area contributed by atoms with Crippen molar-refractivity contribution in [3.05, 3.63) is 23.0 Å². The molecule has 0 bridgehead atoms. The fourth-order valence-corrected chi connectivity index (χ4v) is 0.589. The molecule has 0 spiro atoms. The van der Waals surface area contributed by atoms with Gasteiger partial charge in [-0.3, -0.25) is 0 Å². The van der Waals surface area contributed by atoms with E-state index in [4.69, 9.17) is 0 Å². The van der Waals surface area contributed by atoms with E-state index in [1.807, 2.05) is 17.2 Å². The van der Waals surface area contributed by atoms with Crippen molar-refractivity contribution >= 4 is 11.8 Å². The molecule has 1 aliphatic heterocycles. The Hall–Kier alpha value is 0.869. The van der Waals surface area contributed by atoms with Crippen molar-refractivity contribution in [3.8, 4) is 0 Å². The normalized spacial score (nSPS) is 12.6. The summed E-state index contributed by atoms with van der Waals surface area (Å²) in [6.07, 6.45) is 1.89. The quantitative estimate of drug-likeness (QED) is 0.354. The van der Waals surface area contributed by atoms with E-state index >= 15 is 0 Å². The zero-order valence-corrected chi connectivity index (χ0v) is 6.98. The molecule has 3 heteroatoms. The number of rotatable bonds is 0. The van der Waals surface area contributed by atoms with Gasteiger partial charge in [0.25, 0.3) is 0 Å². The second-order valence-corrected chi connectivity index (χ2v) is 1.50. The minimum atomic E-state index is 0. The van der Waals surface area contributed by atoms with Crippen molar-refractivity contribution < 1.29 is 34.1 Å². The van der Waals surface area contributed by atoms with Gasteiger partial charge >= 0.3 is 0 Å². The van der Waals surface area contributed by atoms with E-state index in [1.54, 1.807) is 11.8 Å². The van der Waals surface area contributed by atoms with Crippen LogP contribution in [0, 0.1) is 5.75 Å². The fourth-order valence-electron chi connectivity index (χ4n) is 0.196. The first-order chi connectivity index (χ1) is 2.50. The molecule has 0 aromatic carbocycles. The molecule has 0 atom stereocenters. The monoisotopic (exact) mass is 217 g/mol. The van der Waals surface area contributed by atoms with Gasteiger partial charge in [0.15, 0.2) is 0 Å². The maximum atomic E-state index is 2.88. The van der Waals surface area contributed by atoms with Crippen molar-refractivity contribution in [1.29, 1.82) is 0 Å². The van der Waals surface area contributed by atoms with Crippen molar-refractivity contribution in [2.75, 3.05) is 0 Å². The third-order valence-corrected chi connectivity index (χ3v) is 0.944. The van der Waals surface area contributed by atoms with Gasteiger partial charge in [-0.05, 0) is 6.08 Å². The molecule has 0 N–H and O–H groups in total. The number of thioether (sulfide) groups is 1. The number of hydrogen-bond donors (Lipinski definition) is 0. The molecule has 1 aliphatic rings. The number of halogens is 1. The first-order valence-electron chi connectivity index (χ1n) is 1.38. The molecular formula is C4H3BrMnS-. The summed E-state index contributed by atoms with van der Waals surface area (Å²) < 4.78 is 0. The smallest absolute Gasteiger partial charge is 0.0512 e. The average molecular weight is 218 g/mol. The molecule has 0 fully saturated rings. The molecule has 0 saturated heterocycles. The van der Waals surface area contributed by atoms with Crippen molar-refractivity contribution in [1.82, 2.24) is 0 Å². The zero-order chi connectivity index (χ0) is 3.54. The Labute approximate surface area is 68.7 Å². The maximum Gasteiger partial charge on any atom is 0.0512 e. The second kappa shape index (κ2) is 6.87. The van der Waals surface area contributed by atoms with Crippen LogP contribution in [0.2, 0.25) is 0 Å². The van der Waals surface area contributed by atoms with Crippen LogP contribution in [0.4, 0.5) is 0 Å². The zero-order valence-electron chi connectivity index (χ0n) is 3.40. The van der Waals surface area contributed by atoms with E-state index in [0.29, 0.717) is 0 Å². The Morgan fingerprint density at radius 2 is 2.14 bits per heavy atom. The van der Waals surface area contributed by atoms with Crippen molar-refractivity contribution in [2.45, 2.75) is 0 Å². The van der Waals surface area contributed by atoms with E-state index in [0.717, 1.165) is 0 Å². The summed E-state index contributed by atoms with van der Waals surface area (Å²) in [6.45, 7) is 0. The van der Waals surface area contributed by atoms with E-state index in [-0.39, 0.29) is 34.1 Å². The average Bonchev–Trinajstić information content (AvgIpc) is 1.76.